The fourth-order valence-corrected chi connectivity index (χ4v) is 1.94. The van der Waals surface area contributed by atoms with Crippen LogP contribution in [-0.2, 0) is 0 Å². The zero-order valence-corrected chi connectivity index (χ0v) is 12.3. The van der Waals surface area contributed by atoms with Crippen molar-refractivity contribution in [3.05, 3.63) is 6.20 Å². The second-order valence-corrected chi connectivity index (χ2v) is 5.27. The Bertz CT molecular complexity index is 549. The third kappa shape index (κ3) is 3.57. The summed E-state index contributed by atoms with van der Waals surface area (Å²) in [5.41, 5.74) is 6.34. The van der Waals surface area contributed by atoms with E-state index in [0.717, 1.165) is 37.1 Å². The minimum atomic E-state index is 0.254. The highest BCUT2D eigenvalue weighted by Gasteiger charge is 2.07. The van der Waals surface area contributed by atoms with E-state index in [9.17, 15) is 0 Å². The van der Waals surface area contributed by atoms with Crippen molar-refractivity contribution in [2.45, 2.75) is 32.7 Å². The van der Waals surface area contributed by atoms with Gasteiger partial charge in [-0.2, -0.15) is 15.1 Å². The van der Waals surface area contributed by atoms with E-state index in [1.54, 1.807) is 6.20 Å². The topological polar surface area (TPSA) is 95.7 Å². The molecule has 0 aromatic carbocycles. The average molecular weight is 277 g/mol. The Morgan fingerprint density at radius 1 is 1.35 bits per heavy atom. The molecule has 0 aliphatic heterocycles. The molecule has 0 atom stereocenters. The molecule has 2 heterocycles. The van der Waals surface area contributed by atoms with Gasteiger partial charge in [0.05, 0.1) is 11.6 Å². The largest absolute Gasteiger partial charge is 0.369 e. The summed E-state index contributed by atoms with van der Waals surface area (Å²) in [5.74, 6) is 1.00. The monoisotopic (exact) mass is 277 g/mol. The van der Waals surface area contributed by atoms with Crippen LogP contribution in [-0.4, -0.2) is 51.2 Å². The Morgan fingerprint density at radius 2 is 2.15 bits per heavy atom. The van der Waals surface area contributed by atoms with Crippen LogP contribution < -0.4 is 11.1 Å². The molecule has 0 spiro atoms. The number of anilines is 2. The molecule has 0 radical (unpaired) electrons. The van der Waals surface area contributed by atoms with Crippen LogP contribution in [0.2, 0.25) is 0 Å². The number of nitrogen functional groups attached to an aromatic ring is 1. The van der Waals surface area contributed by atoms with Crippen molar-refractivity contribution in [2.75, 3.05) is 31.2 Å². The summed E-state index contributed by atoms with van der Waals surface area (Å²) >= 11 is 0. The van der Waals surface area contributed by atoms with E-state index in [1.165, 1.54) is 0 Å². The maximum atomic E-state index is 5.67. The van der Waals surface area contributed by atoms with Crippen LogP contribution in [0.3, 0.4) is 0 Å². The van der Waals surface area contributed by atoms with E-state index in [4.69, 9.17) is 5.73 Å². The third-order valence-corrected chi connectivity index (χ3v) is 3.44. The second-order valence-electron chi connectivity index (χ2n) is 5.27. The van der Waals surface area contributed by atoms with E-state index in [-0.39, 0.29) is 5.95 Å². The lowest BCUT2D eigenvalue weighted by Crippen LogP contribution is -2.27. The summed E-state index contributed by atoms with van der Waals surface area (Å²) in [6.45, 7) is 6.38. The van der Waals surface area contributed by atoms with Gasteiger partial charge in [0, 0.05) is 12.6 Å². The predicted molar refractivity (Wildman–Crippen MR) is 81.6 cm³/mol. The number of hydrogen-bond donors (Lipinski definition) is 3. The van der Waals surface area contributed by atoms with Gasteiger partial charge in [0.25, 0.3) is 0 Å². The minimum Gasteiger partial charge on any atom is -0.369 e. The van der Waals surface area contributed by atoms with E-state index in [2.05, 4.69) is 51.3 Å². The van der Waals surface area contributed by atoms with Crippen LogP contribution in [0.15, 0.2) is 6.20 Å². The number of aromatic amines is 1. The molecule has 0 aliphatic rings. The zero-order chi connectivity index (χ0) is 14.5. The SMILES string of the molecule is CC(C)N(C)CCCCNc1nc(N)nc2[nH]ncc12. The molecule has 7 nitrogen and oxygen atoms in total. The van der Waals surface area contributed by atoms with Crippen LogP contribution in [0, 0.1) is 0 Å². The molecule has 4 N–H and O–H groups in total. The molecular formula is C13H23N7. The Balaban J connectivity index is 1.83. The first-order chi connectivity index (χ1) is 9.58. The van der Waals surface area contributed by atoms with Gasteiger partial charge >= 0.3 is 0 Å². The fourth-order valence-electron chi connectivity index (χ4n) is 1.94. The summed E-state index contributed by atoms with van der Waals surface area (Å²) in [6.07, 6.45) is 3.95. The Kier molecular flexibility index (Phi) is 4.73. The maximum Gasteiger partial charge on any atom is 0.224 e. The van der Waals surface area contributed by atoms with Gasteiger partial charge in [-0.15, -0.1) is 0 Å². The Labute approximate surface area is 119 Å². The smallest absolute Gasteiger partial charge is 0.224 e. The van der Waals surface area contributed by atoms with Crippen molar-refractivity contribution >= 4 is 22.8 Å². The second kappa shape index (κ2) is 6.51. The first-order valence-corrected chi connectivity index (χ1v) is 6.98. The first-order valence-electron chi connectivity index (χ1n) is 6.98. The van der Waals surface area contributed by atoms with Gasteiger partial charge in [-0.05, 0) is 40.3 Å². The van der Waals surface area contributed by atoms with Gasteiger partial charge in [-0.25, -0.2) is 0 Å². The fraction of sp³-hybridized carbons (Fsp3) is 0.615. The van der Waals surface area contributed by atoms with Gasteiger partial charge in [-0.3, -0.25) is 5.10 Å². The summed E-state index contributed by atoms with van der Waals surface area (Å²) in [5, 5.41) is 10.9. The number of nitrogens with two attached hydrogens (primary N) is 1. The number of hydrogen-bond acceptors (Lipinski definition) is 6. The standard InChI is InChI=1S/C13H23N7/c1-9(2)20(3)7-5-4-6-15-11-10-8-16-19-12(10)18-13(14)17-11/h8-9H,4-7H2,1-3H3,(H4,14,15,16,17,18,19). The average Bonchev–Trinajstić information content (AvgIpc) is 2.85. The molecule has 110 valence electrons. The lowest BCUT2D eigenvalue weighted by molar-refractivity contribution is 0.269. The number of unbranched alkanes of at least 4 members (excludes halogenated alkanes) is 1. The van der Waals surface area contributed by atoms with Gasteiger partial charge < -0.3 is 16.0 Å². The molecule has 2 rings (SSSR count). The van der Waals surface area contributed by atoms with Crippen molar-refractivity contribution in [2.24, 2.45) is 0 Å². The van der Waals surface area contributed by atoms with E-state index >= 15 is 0 Å². The highest BCUT2D eigenvalue weighted by atomic mass is 15.2. The number of nitrogens with one attached hydrogen (secondary N) is 2. The van der Waals surface area contributed by atoms with Gasteiger partial charge in [-0.1, -0.05) is 0 Å². The molecule has 0 saturated heterocycles. The molecule has 2 aromatic heterocycles. The molecule has 0 aliphatic carbocycles. The predicted octanol–water partition coefficient (Wildman–Crippen LogP) is 1.47. The van der Waals surface area contributed by atoms with Crippen LogP contribution in [0.4, 0.5) is 11.8 Å². The molecule has 0 saturated carbocycles. The number of aromatic nitrogens is 4. The van der Waals surface area contributed by atoms with Gasteiger partial charge in [0.2, 0.25) is 5.95 Å². The highest BCUT2D eigenvalue weighted by Crippen LogP contribution is 2.18. The number of rotatable bonds is 7. The van der Waals surface area contributed by atoms with E-state index in [1.807, 2.05) is 0 Å². The minimum absolute atomic E-state index is 0.254. The van der Waals surface area contributed by atoms with Crippen molar-refractivity contribution in [3.8, 4) is 0 Å². The molecule has 0 amide bonds. The molecule has 0 bridgehead atoms. The van der Waals surface area contributed by atoms with Crippen LogP contribution >= 0.6 is 0 Å². The van der Waals surface area contributed by atoms with Gasteiger partial charge in [0.1, 0.15) is 5.82 Å². The molecular weight excluding hydrogens is 254 g/mol. The summed E-state index contributed by atoms with van der Waals surface area (Å²) in [4.78, 5) is 10.6. The van der Waals surface area contributed by atoms with E-state index in [0.29, 0.717) is 11.7 Å². The maximum absolute atomic E-state index is 5.67. The molecule has 2 aromatic rings. The lowest BCUT2D eigenvalue weighted by atomic mass is 10.2. The van der Waals surface area contributed by atoms with Crippen molar-refractivity contribution in [3.63, 3.8) is 0 Å². The van der Waals surface area contributed by atoms with Crippen LogP contribution in [0.5, 0.6) is 0 Å². The lowest BCUT2D eigenvalue weighted by Gasteiger charge is -2.20. The van der Waals surface area contributed by atoms with Gasteiger partial charge in [0.15, 0.2) is 5.65 Å². The van der Waals surface area contributed by atoms with Crippen molar-refractivity contribution in [1.82, 2.24) is 25.1 Å². The first kappa shape index (κ1) is 14.5. The highest BCUT2D eigenvalue weighted by molar-refractivity contribution is 5.86. The molecule has 0 unspecified atom stereocenters. The van der Waals surface area contributed by atoms with Crippen LogP contribution in [0.25, 0.3) is 11.0 Å². The molecule has 20 heavy (non-hydrogen) atoms. The number of H-pyrrole nitrogens is 1. The molecule has 7 heteroatoms. The van der Waals surface area contributed by atoms with Crippen molar-refractivity contribution in [1.29, 1.82) is 0 Å². The normalized spacial score (nSPS) is 11.7. The Hall–Kier alpha value is -1.89. The summed E-state index contributed by atoms with van der Waals surface area (Å²) in [7, 11) is 2.15. The van der Waals surface area contributed by atoms with E-state index < -0.39 is 0 Å². The number of nitrogens with zero attached hydrogens (tertiary/aromatic N) is 4. The Morgan fingerprint density at radius 3 is 2.90 bits per heavy atom. The molecule has 0 fully saturated rings. The van der Waals surface area contributed by atoms with Crippen molar-refractivity contribution < 1.29 is 0 Å². The summed E-state index contributed by atoms with van der Waals surface area (Å²) < 4.78 is 0. The van der Waals surface area contributed by atoms with Crippen LogP contribution in [0.1, 0.15) is 26.7 Å². The third-order valence-electron chi connectivity index (χ3n) is 3.44. The quantitative estimate of drug-likeness (QED) is 0.663. The zero-order valence-electron chi connectivity index (χ0n) is 12.3. The number of fused-ring (bicyclic) bond motifs is 1. The summed E-state index contributed by atoms with van der Waals surface area (Å²) in [6, 6.07) is 0.593.